The van der Waals surface area contributed by atoms with E-state index in [1.54, 1.807) is 42.5 Å². The standard InChI is InChI=1S/C19H22N2O3S/c1-13(2)10-11-20-19(22)14-8-9-17-16(12-14)15-6-4-5-7-18(15)25(23,24)21(17)3/h4-9,12-13H,10-11H2,1-3H3,(H,20,22). The number of anilines is 1. The number of hydrogen-bond acceptors (Lipinski definition) is 3. The highest BCUT2D eigenvalue weighted by atomic mass is 32.2. The Labute approximate surface area is 148 Å². The average molecular weight is 358 g/mol. The van der Waals surface area contributed by atoms with E-state index in [1.807, 2.05) is 0 Å². The quantitative estimate of drug-likeness (QED) is 0.912. The van der Waals surface area contributed by atoms with Crippen molar-refractivity contribution >= 4 is 21.6 Å². The number of sulfonamides is 1. The molecule has 3 rings (SSSR count). The van der Waals surface area contributed by atoms with Gasteiger partial charge in [-0.05, 0) is 36.6 Å². The van der Waals surface area contributed by atoms with Crippen LogP contribution in [0.3, 0.4) is 0 Å². The van der Waals surface area contributed by atoms with Gasteiger partial charge in [0.25, 0.3) is 15.9 Å². The predicted molar refractivity (Wildman–Crippen MR) is 99.3 cm³/mol. The molecule has 132 valence electrons. The molecule has 6 heteroatoms. The zero-order chi connectivity index (χ0) is 18.2. The summed E-state index contributed by atoms with van der Waals surface area (Å²) in [5.74, 6) is 0.381. The van der Waals surface area contributed by atoms with E-state index < -0.39 is 10.0 Å². The smallest absolute Gasteiger partial charge is 0.264 e. The molecule has 0 radical (unpaired) electrons. The first-order chi connectivity index (χ1) is 11.8. The first kappa shape index (κ1) is 17.5. The molecule has 1 heterocycles. The fraction of sp³-hybridized carbons (Fsp3) is 0.316. The van der Waals surface area contributed by atoms with Gasteiger partial charge in [0.15, 0.2) is 0 Å². The maximum Gasteiger partial charge on any atom is 0.264 e. The molecule has 0 aromatic heterocycles. The molecule has 1 N–H and O–H groups in total. The van der Waals surface area contributed by atoms with Crippen LogP contribution < -0.4 is 9.62 Å². The molecule has 0 fully saturated rings. The number of hydrogen-bond donors (Lipinski definition) is 1. The van der Waals surface area contributed by atoms with Crippen LogP contribution in [0.1, 0.15) is 30.6 Å². The minimum atomic E-state index is -3.56. The maximum atomic E-state index is 12.6. The Bertz CT molecular complexity index is 920. The van der Waals surface area contributed by atoms with Crippen molar-refractivity contribution in [3.8, 4) is 11.1 Å². The molecule has 5 nitrogen and oxygen atoms in total. The SMILES string of the molecule is CC(C)CCNC(=O)c1ccc2c(c1)-c1ccccc1S(=O)(=O)N2C. The van der Waals surface area contributed by atoms with Crippen LogP contribution in [0, 0.1) is 5.92 Å². The van der Waals surface area contributed by atoms with Crippen LogP contribution in [0.15, 0.2) is 47.4 Å². The van der Waals surface area contributed by atoms with E-state index in [0.717, 1.165) is 12.0 Å². The minimum absolute atomic E-state index is 0.142. The lowest BCUT2D eigenvalue weighted by Gasteiger charge is -2.29. The highest BCUT2D eigenvalue weighted by molar-refractivity contribution is 7.93. The lowest BCUT2D eigenvalue weighted by Crippen LogP contribution is -2.31. The van der Waals surface area contributed by atoms with Gasteiger partial charge in [0, 0.05) is 30.3 Å². The first-order valence-corrected chi connectivity index (χ1v) is 9.77. The lowest BCUT2D eigenvalue weighted by molar-refractivity contribution is 0.0952. The summed E-state index contributed by atoms with van der Waals surface area (Å²) in [5, 5.41) is 2.92. The number of carbonyl (C=O) groups is 1. The zero-order valence-electron chi connectivity index (χ0n) is 14.6. The summed E-state index contributed by atoms with van der Waals surface area (Å²) in [5.41, 5.74) is 2.50. The molecule has 0 atom stereocenters. The number of carbonyl (C=O) groups excluding carboxylic acids is 1. The molecule has 25 heavy (non-hydrogen) atoms. The largest absolute Gasteiger partial charge is 0.352 e. The van der Waals surface area contributed by atoms with Crippen LogP contribution >= 0.6 is 0 Å². The van der Waals surface area contributed by atoms with Gasteiger partial charge in [-0.25, -0.2) is 8.42 Å². The molecule has 2 aromatic rings. The topological polar surface area (TPSA) is 66.5 Å². The Morgan fingerprint density at radius 2 is 1.84 bits per heavy atom. The number of nitrogens with zero attached hydrogens (tertiary/aromatic N) is 1. The second-order valence-corrected chi connectivity index (χ2v) is 8.58. The molecule has 0 saturated carbocycles. The van der Waals surface area contributed by atoms with E-state index in [9.17, 15) is 13.2 Å². The fourth-order valence-electron chi connectivity index (χ4n) is 2.94. The van der Waals surface area contributed by atoms with E-state index in [4.69, 9.17) is 0 Å². The molecule has 0 unspecified atom stereocenters. The van der Waals surface area contributed by atoms with Crippen molar-refractivity contribution in [1.29, 1.82) is 0 Å². The van der Waals surface area contributed by atoms with E-state index >= 15 is 0 Å². The highest BCUT2D eigenvalue weighted by Gasteiger charge is 2.32. The summed E-state index contributed by atoms with van der Waals surface area (Å²) in [7, 11) is -2.02. The molecule has 0 spiro atoms. The summed E-state index contributed by atoms with van der Waals surface area (Å²) < 4.78 is 26.5. The third-order valence-electron chi connectivity index (χ3n) is 4.42. The van der Waals surface area contributed by atoms with Crippen LogP contribution in [0.4, 0.5) is 5.69 Å². The Morgan fingerprint density at radius 3 is 2.56 bits per heavy atom. The van der Waals surface area contributed by atoms with Crippen LogP contribution in [0.5, 0.6) is 0 Å². The monoisotopic (exact) mass is 358 g/mol. The van der Waals surface area contributed by atoms with Gasteiger partial charge in [-0.15, -0.1) is 0 Å². The van der Waals surface area contributed by atoms with Crippen molar-refractivity contribution in [2.75, 3.05) is 17.9 Å². The van der Waals surface area contributed by atoms with Crippen LogP contribution in [0.2, 0.25) is 0 Å². The number of amides is 1. The van der Waals surface area contributed by atoms with Crippen LogP contribution in [0.25, 0.3) is 11.1 Å². The summed E-state index contributed by atoms with van der Waals surface area (Å²) in [4.78, 5) is 12.7. The normalized spacial score (nSPS) is 14.8. The lowest BCUT2D eigenvalue weighted by atomic mass is 10.00. The zero-order valence-corrected chi connectivity index (χ0v) is 15.4. The number of fused-ring (bicyclic) bond motifs is 3. The molecule has 1 amide bonds. The van der Waals surface area contributed by atoms with Crippen molar-refractivity contribution < 1.29 is 13.2 Å². The summed E-state index contributed by atoms with van der Waals surface area (Å²) in [6.45, 7) is 4.84. The van der Waals surface area contributed by atoms with Crippen molar-refractivity contribution in [2.45, 2.75) is 25.2 Å². The molecule has 2 aromatic carbocycles. The van der Waals surface area contributed by atoms with Gasteiger partial charge in [-0.1, -0.05) is 32.0 Å². The molecule has 1 aliphatic rings. The van der Waals surface area contributed by atoms with Gasteiger partial charge in [-0.2, -0.15) is 0 Å². The molecule has 0 saturated heterocycles. The second-order valence-electron chi connectivity index (χ2n) is 6.64. The second kappa shape index (κ2) is 6.52. The van der Waals surface area contributed by atoms with Gasteiger partial charge < -0.3 is 5.32 Å². The van der Waals surface area contributed by atoms with Crippen molar-refractivity contribution in [1.82, 2.24) is 5.32 Å². The minimum Gasteiger partial charge on any atom is -0.352 e. The third-order valence-corrected chi connectivity index (χ3v) is 6.25. The first-order valence-electron chi connectivity index (χ1n) is 8.33. The summed E-state index contributed by atoms with van der Waals surface area (Å²) in [6, 6.07) is 12.0. The fourth-order valence-corrected chi connectivity index (χ4v) is 4.35. The third kappa shape index (κ3) is 3.14. The van der Waals surface area contributed by atoms with E-state index in [2.05, 4.69) is 19.2 Å². The Balaban J connectivity index is 2.00. The van der Waals surface area contributed by atoms with Crippen molar-refractivity contribution in [2.24, 2.45) is 5.92 Å². The van der Waals surface area contributed by atoms with Gasteiger partial charge in [0.2, 0.25) is 0 Å². The Morgan fingerprint density at radius 1 is 1.12 bits per heavy atom. The molecular weight excluding hydrogens is 336 g/mol. The molecule has 0 bridgehead atoms. The predicted octanol–water partition coefficient (Wildman–Crippen LogP) is 3.27. The van der Waals surface area contributed by atoms with Crippen molar-refractivity contribution in [3.05, 3.63) is 48.0 Å². The van der Waals surface area contributed by atoms with Gasteiger partial charge in [-0.3, -0.25) is 9.10 Å². The van der Waals surface area contributed by atoms with Gasteiger partial charge in [0.05, 0.1) is 10.6 Å². The van der Waals surface area contributed by atoms with Crippen molar-refractivity contribution in [3.63, 3.8) is 0 Å². The van der Waals surface area contributed by atoms with E-state index in [0.29, 0.717) is 29.3 Å². The molecular formula is C19H22N2O3S. The van der Waals surface area contributed by atoms with Crippen LogP contribution in [-0.4, -0.2) is 27.9 Å². The van der Waals surface area contributed by atoms with E-state index in [1.165, 1.54) is 11.4 Å². The Kier molecular flexibility index (Phi) is 4.56. The van der Waals surface area contributed by atoms with Gasteiger partial charge in [0.1, 0.15) is 0 Å². The summed E-state index contributed by atoms with van der Waals surface area (Å²) >= 11 is 0. The number of benzene rings is 2. The van der Waals surface area contributed by atoms with E-state index in [-0.39, 0.29) is 10.8 Å². The average Bonchev–Trinajstić information content (AvgIpc) is 2.59. The number of rotatable bonds is 4. The summed E-state index contributed by atoms with van der Waals surface area (Å²) in [6.07, 6.45) is 0.917. The Hall–Kier alpha value is -2.34. The molecule has 0 aliphatic carbocycles. The maximum absolute atomic E-state index is 12.6. The number of nitrogens with one attached hydrogen (secondary N) is 1. The van der Waals surface area contributed by atoms with Crippen LogP contribution in [-0.2, 0) is 10.0 Å². The molecule has 1 aliphatic heterocycles. The van der Waals surface area contributed by atoms with Gasteiger partial charge >= 0.3 is 0 Å². The highest BCUT2D eigenvalue weighted by Crippen LogP contribution is 2.42.